The summed E-state index contributed by atoms with van der Waals surface area (Å²) in [5.74, 6) is 0. The average Bonchev–Trinajstić information content (AvgIpc) is 2.55. The van der Waals surface area contributed by atoms with Gasteiger partial charge in [0, 0.05) is 5.56 Å². The van der Waals surface area contributed by atoms with Gasteiger partial charge in [0.2, 0.25) is 0 Å². The van der Waals surface area contributed by atoms with Crippen molar-refractivity contribution in [3.8, 4) is 0 Å². The Morgan fingerprint density at radius 2 is 2.33 bits per heavy atom. The lowest BCUT2D eigenvalue weighted by Gasteiger charge is -2.14. The lowest BCUT2D eigenvalue weighted by Crippen LogP contribution is -2.21. The highest BCUT2D eigenvalue weighted by molar-refractivity contribution is 5.06. The first-order chi connectivity index (χ1) is 5.75. The second-order valence-electron chi connectivity index (χ2n) is 2.55. The molecule has 0 bridgehead atoms. The molecule has 1 aromatic rings. The zero-order chi connectivity index (χ0) is 8.97. The van der Waals surface area contributed by atoms with Crippen molar-refractivity contribution in [1.29, 1.82) is 0 Å². The molecule has 5 heteroatoms. The van der Waals surface area contributed by atoms with E-state index in [1.165, 1.54) is 12.5 Å². The van der Waals surface area contributed by atoms with E-state index in [4.69, 9.17) is 5.73 Å². The number of hydrogen-bond acceptors (Lipinski definition) is 5. The maximum Gasteiger partial charge on any atom is 0.129 e. The monoisotopic (exact) mass is 172 g/mol. The van der Waals surface area contributed by atoms with Gasteiger partial charge in [0.15, 0.2) is 0 Å². The van der Waals surface area contributed by atoms with Crippen LogP contribution in [-0.2, 0) is 0 Å². The molecule has 0 amide bonds. The molecule has 2 atom stereocenters. The highest BCUT2D eigenvalue weighted by atomic mass is 16.5. The molecule has 1 rings (SSSR count). The summed E-state index contributed by atoms with van der Waals surface area (Å²) in [6, 6.07) is 0. The quantitative estimate of drug-likeness (QED) is 0.565. The van der Waals surface area contributed by atoms with Crippen molar-refractivity contribution in [1.82, 2.24) is 5.16 Å². The third-order valence-corrected chi connectivity index (χ3v) is 1.62. The van der Waals surface area contributed by atoms with Gasteiger partial charge in [0.25, 0.3) is 0 Å². The zero-order valence-electron chi connectivity index (χ0n) is 6.55. The van der Waals surface area contributed by atoms with Crippen LogP contribution in [0.5, 0.6) is 0 Å². The largest absolute Gasteiger partial charge is 0.390 e. The predicted octanol–water partition coefficient (Wildman–Crippen LogP) is -0.582. The fourth-order valence-electron chi connectivity index (χ4n) is 0.910. The maximum atomic E-state index is 9.40. The van der Waals surface area contributed by atoms with E-state index in [0.717, 1.165) is 0 Å². The molecule has 0 saturated carbocycles. The first kappa shape index (κ1) is 9.18. The van der Waals surface area contributed by atoms with Gasteiger partial charge in [0.05, 0.1) is 12.3 Å². The van der Waals surface area contributed by atoms with Crippen LogP contribution in [-0.4, -0.2) is 28.0 Å². The number of nitrogens with zero attached hydrogens (tertiary/aromatic N) is 1. The van der Waals surface area contributed by atoms with E-state index in [9.17, 15) is 10.2 Å². The van der Waals surface area contributed by atoms with E-state index >= 15 is 0 Å². The molecule has 12 heavy (non-hydrogen) atoms. The lowest BCUT2D eigenvalue weighted by molar-refractivity contribution is 0.0147. The van der Waals surface area contributed by atoms with Crippen LogP contribution >= 0.6 is 0 Å². The molecule has 2 unspecified atom stereocenters. The van der Waals surface area contributed by atoms with E-state index in [1.54, 1.807) is 0 Å². The molecule has 5 nitrogen and oxygen atoms in total. The van der Waals surface area contributed by atoms with Gasteiger partial charge >= 0.3 is 0 Å². The molecule has 0 saturated heterocycles. The summed E-state index contributed by atoms with van der Waals surface area (Å²) in [5, 5.41) is 22.1. The van der Waals surface area contributed by atoms with Crippen LogP contribution in [0.4, 0.5) is 0 Å². The normalized spacial score (nSPS) is 15.9. The third kappa shape index (κ3) is 2.04. The summed E-state index contributed by atoms with van der Waals surface area (Å²) < 4.78 is 4.51. The smallest absolute Gasteiger partial charge is 0.129 e. The molecular weight excluding hydrogens is 160 g/mol. The van der Waals surface area contributed by atoms with Gasteiger partial charge in [0.1, 0.15) is 12.4 Å². The van der Waals surface area contributed by atoms with Crippen molar-refractivity contribution in [2.75, 3.05) is 6.54 Å². The molecule has 1 aromatic heterocycles. The maximum absolute atomic E-state index is 9.40. The van der Waals surface area contributed by atoms with E-state index in [2.05, 4.69) is 9.68 Å². The van der Waals surface area contributed by atoms with Crippen LogP contribution in [0.25, 0.3) is 0 Å². The van der Waals surface area contributed by atoms with Crippen molar-refractivity contribution in [2.45, 2.75) is 18.6 Å². The van der Waals surface area contributed by atoms with Gasteiger partial charge < -0.3 is 20.5 Å². The van der Waals surface area contributed by atoms with Crippen LogP contribution in [0, 0.1) is 0 Å². The standard InChI is InChI=1S/C7H12N2O3/c8-2-1-6(10)7(11)5-3-9-12-4-5/h3-4,6-7,10-11H,1-2,8H2. The van der Waals surface area contributed by atoms with Crippen LogP contribution in [0.2, 0.25) is 0 Å². The van der Waals surface area contributed by atoms with Crippen molar-refractivity contribution in [3.05, 3.63) is 18.0 Å². The summed E-state index contributed by atoms with van der Waals surface area (Å²) in [4.78, 5) is 0. The summed E-state index contributed by atoms with van der Waals surface area (Å²) in [6.45, 7) is 0.337. The Morgan fingerprint density at radius 3 is 2.83 bits per heavy atom. The minimum atomic E-state index is -0.959. The molecule has 0 aliphatic rings. The predicted molar refractivity (Wildman–Crippen MR) is 41.1 cm³/mol. The average molecular weight is 172 g/mol. The fourth-order valence-corrected chi connectivity index (χ4v) is 0.910. The Bertz CT molecular complexity index is 212. The van der Waals surface area contributed by atoms with E-state index in [0.29, 0.717) is 18.5 Å². The second-order valence-corrected chi connectivity index (χ2v) is 2.55. The number of aliphatic hydroxyl groups excluding tert-OH is 2. The number of rotatable bonds is 4. The molecule has 0 aromatic carbocycles. The van der Waals surface area contributed by atoms with Crippen molar-refractivity contribution >= 4 is 0 Å². The Kier molecular flexibility index (Phi) is 3.21. The molecule has 1 heterocycles. The van der Waals surface area contributed by atoms with Crippen molar-refractivity contribution < 1.29 is 14.7 Å². The molecule has 68 valence electrons. The number of aliphatic hydroxyl groups is 2. The van der Waals surface area contributed by atoms with Crippen LogP contribution in [0.1, 0.15) is 18.1 Å². The number of aromatic nitrogens is 1. The van der Waals surface area contributed by atoms with Gasteiger partial charge in [-0.1, -0.05) is 5.16 Å². The molecule has 0 aliphatic heterocycles. The van der Waals surface area contributed by atoms with E-state index in [1.807, 2.05) is 0 Å². The highest BCUT2D eigenvalue weighted by Gasteiger charge is 2.18. The van der Waals surface area contributed by atoms with Gasteiger partial charge in [-0.3, -0.25) is 0 Å². The first-order valence-electron chi connectivity index (χ1n) is 3.71. The zero-order valence-corrected chi connectivity index (χ0v) is 6.55. The molecular formula is C7H12N2O3. The Labute approximate surface area is 69.8 Å². The number of nitrogens with two attached hydrogens (primary N) is 1. The van der Waals surface area contributed by atoms with Gasteiger partial charge in [-0.2, -0.15) is 0 Å². The van der Waals surface area contributed by atoms with Gasteiger partial charge in [-0.05, 0) is 13.0 Å². The van der Waals surface area contributed by atoms with Crippen molar-refractivity contribution in [3.63, 3.8) is 0 Å². The minimum Gasteiger partial charge on any atom is -0.390 e. The second kappa shape index (κ2) is 4.20. The minimum absolute atomic E-state index is 0.337. The van der Waals surface area contributed by atoms with Crippen LogP contribution in [0.15, 0.2) is 17.0 Å². The lowest BCUT2D eigenvalue weighted by atomic mass is 10.1. The molecule has 0 aliphatic carbocycles. The summed E-state index contributed by atoms with van der Waals surface area (Å²) in [5.41, 5.74) is 5.68. The SMILES string of the molecule is NCCC(O)C(O)c1cnoc1. The van der Waals surface area contributed by atoms with Gasteiger partial charge in [-0.15, -0.1) is 0 Å². The Morgan fingerprint density at radius 1 is 1.58 bits per heavy atom. The molecule has 0 radical (unpaired) electrons. The van der Waals surface area contributed by atoms with E-state index in [-0.39, 0.29) is 0 Å². The molecule has 0 spiro atoms. The first-order valence-corrected chi connectivity index (χ1v) is 3.71. The molecule has 4 N–H and O–H groups in total. The Balaban J connectivity index is 2.53. The number of hydrogen-bond donors (Lipinski definition) is 3. The summed E-state index contributed by atoms with van der Waals surface area (Å²) >= 11 is 0. The van der Waals surface area contributed by atoms with E-state index < -0.39 is 12.2 Å². The Hall–Kier alpha value is -0.910. The third-order valence-electron chi connectivity index (χ3n) is 1.62. The fraction of sp³-hybridized carbons (Fsp3) is 0.571. The highest BCUT2D eigenvalue weighted by Crippen LogP contribution is 2.17. The van der Waals surface area contributed by atoms with Crippen molar-refractivity contribution in [2.24, 2.45) is 5.73 Å². The topological polar surface area (TPSA) is 92.5 Å². The van der Waals surface area contributed by atoms with Crippen LogP contribution < -0.4 is 5.73 Å². The summed E-state index contributed by atoms with van der Waals surface area (Å²) in [7, 11) is 0. The van der Waals surface area contributed by atoms with Gasteiger partial charge in [-0.25, -0.2) is 0 Å². The summed E-state index contributed by atoms with van der Waals surface area (Å²) in [6.07, 6.45) is 1.20. The van der Waals surface area contributed by atoms with Crippen LogP contribution in [0.3, 0.4) is 0 Å². The molecule has 0 fully saturated rings.